The van der Waals surface area contributed by atoms with Crippen LogP contribution < -0.4 is 5.73 Å². The smallest absolute Gasteiger partial charge is 0.250 e. The molecule has 32 heavy (non-hydrogen) atoms. The van der Waals surface area contributed by atoms with Gasteiger partial charge < -0.3 is 10.7 Å². The summed E-state index contributed by atoms with van der Waals surface area (Å²) in [6.07, 6.45) is 0. The van der Waals surface area contributed by atoms with E-state index in [4.69, 9.17) is 10.7 Å². The Kier molecular flexibility index (Phi) is 5.71. The minimum absolute atomic E-state index is 0.0841. The lowest BCUT2D eigenvalue weighted by Crippen LogP contribution is -2.47. The molecule has 1 fully saturated rings. The summed E-state index contributed by atoms with van der Waals surface area (Å²) >= 11 is 0. The van der Waals surface area contributed by atoms with Crippen LogP contribution in [-0.2, 0) is 13.1 Å². The Balaban J connectivity index is 1.46. The molecule has 1 aliphatic heterocycles. The molecule has 3 N–H and O–H groups in total. The van der Waals surface area contributed by atoms with Gasteiger partial charge in [-0.3, -0.25) is 14.6 Å². The van der Waals surface area contributed by atoms with Gasteiger partial charge in [-0.15, -0.1) is 0 Å². The number of carbonyl (C=O) groups excluding carboxylic acids is 1. The van der Waals surface area contributed by atoms with Gasteiger partial charge in [0.15, 0.2) is 0 Å². The summed E-state index contributed by atoms with van der Waals surface area (Å²) in [7, 11) is 0. The van der Waals surface area contributed by atoms with E-state index in [9.17, 15) is 4.79 Å². The molecule has 0 radical (unpaired) electrons. The van der Waals surface area contributed by atoms with Crippen molar-refractivity contribution in [3.05, 3.63) is 101 Å². The normalized spacial score (nSPS) is 17.6. The van der Waals surface area contributed by atoms with E-state index in [1.165, 1.54) is 11.1 Å². The van der Waals surface area contributed by atoms with Gasteiger partial charge in [-0.05, 0) is 23.3 Å². The molecule has 1 aliphatic rings. The number of piperazine rings is 1. The van der Waals surface area contributed by atoms with Crippen molar-refractivity contribution in [1.29, 1.82) is 0 Å². The molecule has 162 valence electrons. The number of amides is 1. The molecular weight excluding hydrogens is 398 g/mol. The van der Waals surface area contributed by atoms with E-state index in [-0.39, 0.29) is 6.04 Å². The van der Waals surface area contributed by atoms with Crippen molar-refractivity contribution in [1.82, 2.24) is 19.8 Å². The number of nitrogens with two attached hydrogens (primary N) is 1. The van der Waals surface area contributed by atoms with Crippen LogP contribution in [0, 0.1) is 0 Å². The molecular formula is C26H27N5O. The van der Waals surface area contributed by atoms with Crippen molar-refractivity contribution in [2.24, 2.45) is 5.73 Å². The summed E-state index contributed by atoms with van der Waals surface area (Å²) in [5, 5.41) is 0. The number of aromatic nitrogens is 2. The van der Waals surface area contributed by atoms with E-state index < -0.39 is 5.91 Å². The quantitative estimate of drug-likeness (QED) is 0.494. The van der Waals surface area contributed by atoms with Crippen molar-refractivity contribution in [3.8, 4) is 0 Å². The molecule has 0 spiro atoms. The van der Waals surface area contributed by atoms with Gasteiger partial charge in [0.1, 0.15) is 11.3 Å². The van der Waals surface area contributed by atoms with Crippen LogP contribution in [0.1, 0.15) is 33.4 Å². The number of benzene rings is 3. The Labute approximate surface area is 187 Å². The predicted octanol–water partition coefficient (Wildman–Crippen LogP) is 3.72. The van der Waals surface area contributed by atoms with Crippen LogP contribution in [0.15, 0.2) is 78.9 Å². The van der Waals surface area contributed by atoms with Crippen LogP contribution in [0.5, 0.6) is 0 Å². The zero-order valence-electron chi connectivity index (χ0n) is 17.9. The molecule has 0 bridgehead atoms. The lowest BCUT2D eigenvalue weighted by molar-refractivity contribution is 0.0597. The maximum absolute atomic E-state index is 11.9. The van der Waals surface area contributed by atoms with Crippen LogP contribution in [0.25, 0.3) is 11.0 Å². The number of fused-ring (bicyclic) bond motifs is 1. The summed E-state index contributed by atoms with van der Waals surface area (Å²) in [6, 6.07) is 26.7. The molecule has 6 nitrogen and oxygen atoms in total. The van der Waals surface area contributed by atoms with Crippen LogP contribution in [0.4, 0.5) is 0 Å². The molecule has 1 unspecified atom stereocenters. The number of hydrogen-bond acceptors (Lipinski definition) is 4. The molecule has 1 atom stereocenters. The second kappa shape index (κ2) is 8.94. The molecule has 1 saturated heterocycles. The predicted molar refractivity (Wildman–Crippen MR) is 126 cm³/mol. The lowest BCUT2D eigenvalue weighted by atomic mass is 10.1. The summed E-state index contributed by atoms with van der Waals surface area (Å²) in [5.74, 6) is 0.423. The maximum Gasteiger partial charge on any atom is 0.250 e. The van der Waals surface area contributed by atoms with Crippen molar-refractivity contribution in [2.45, 2.75) is 19.1 Å². The van der Waals surface area contributed by atoms with Gasteiger partial charge in [0.25, 0.3) is 5.91 Å². The zero-order valence-corrected chi connectivity index (χ0v) is 17.9. The van der Waals surface area contributed by atoms with E-state index in [0.29, 0.717) is 11.1 Å². The summed E-state index contributed by atoms with van der Waals surface area (Å²) in [4.78, 5) is 25.2. The van der Waals surface area contributed by atoms with E-state index in [1.807, 2.05) is 18.2 Å². The Morgan fingerprint density at radius 2 is 1.59 bits per heavy atom. The van der Waals surface area contributed by atoms with Gasteiger partial charge >= 0.3 is 0 Å². The number of carbonyl (C=O) groups is 1. The fourth-order valence-corrected chi connectivity index (χ4v) is 4.54. The topological polar surface area (TPSA) is 78.2 Å². The largest absolute Gasteiger partial charge is 0.366 e. The second-order valence-electron chi connectivity index (χ2n) is 8.38. The number of hydrogen-bond donors (Lipinski definition) is 2. The fraction of sp³-hybridized carbons (Fsp3) is 0.231. The third-order valence-corrected chi connectivity index (χ3v) is 6.16. The molecule has 1 amide bonds. The lowest BCUT2D eigenvalue weighted by Gasteiger charge is -2.40. The van der Waals surface area contributed by atoms with Crippen LogP contribution in [-0.4, -0.2) is 45.3 Å². The number of rotatable bonds is 6. The number of primary amides is 1. The highest BCUT2D eigenvalue weighted by molar-refractivity contribution is 6.04. The minimum Gasteiger partial charge on any atom is -0.366 e. The first kappa shape index (κ1) is 20.4. The van der Waals surface area contributed by atoms with Crippen LogP contribution in [0.2, 0.25) is 0 Å². The van der Waals surface area contributed by atoms with Gasteiger partial charge in [-0.1, -0.05) is 66.7 Å². The SMILES string of the molecule is NC(=O)c1cccc2[nH]c(C3CN(Cc4ccccc4)CCN3Cc3ccccc3)nc12. The number of nitrogens with one attached hydrogen (secondary N) is 1. The first-order valence-electron chi connectivity index (χ1n) is 11.0. The number of nitrogens with zero attached hydrogens (tertiary/aromatic N) is 3. The van der Waals surface area contributed by atoms with E-state index in [0.717, 1.165) is 44.1 Å². The average Bonchev–Trinajstić information content (AvgIpc) is 3.25. The number of aromatic amines is 1. The molecule has 0 saturated carbocycles. The van der Waals surface area contributed by atoms with Crippen molar-refractivity contribution in [2.75, 3.05) is 19.6 Å². The van der Waals surface area contributed by atoms with Crippen LogP contribution >= 0.6 is 0 Å². The molecule has 1 aromatic heterocycles. The molecule has 6 heteroatoms. The summed E-state index contributed by atoms with van der Waals surface area (Å²) in [5.41, 5.74) is 10.1. The standard InChI is InChI=1S/C26H27N5O/c27-25(32)21-12-7-13-22-24(21)29-26(28-22)23-18-30(16-19-8-3-1-4-9-19)14-15-31(23)17-20-10-5-2-6-11-20/h1-13,23H,14-18H2,(H2,27,32)(H,28,29). The third-order valence-electron chi connectivity index (χ3n) is 6.16. The van der Waals surface area contributed by atoms with Crippen molar-refractivity contribution < 1.29 is 4.79 Å². The van der Waals surface area contributed by atoms with Gasteiger partial charge in [0.2, 0.25) is 0 Å². The fourth-order valence-electron chi connectivity index (χ4n) is 4.54. The van der Waals surface area contributed by atoms with Crippen LogP contribution in [0.3, 0.4) is 0 Å². The van der Waals surface area contributed by atoms with Crippen molar-refractivity contribution in [3.63, 3.8) is 0 Å². The van der Waals surface area contributed by atoms with Gasteiger partial charge in [0.05, 0.1) is 17.1 Å². The maximum atomic E-state index is 11.9. The molecule has 0 aliphatic carbocycles. The van der Waals surface area contributed by atoms with Gasteiger partial charge in [0, 0.05) is 32.7 Å². The molecule has 5 rings (SSSR count). The highest BCUT2D eigenvalue weighted by atomic mass is 16.1. The highest BCUT2D eigenvalue weighted by Gasteiger charge is 2.31. The second-order valence-corrected chi connectivity index (χ2v) is 8.38. The first-order valence-corrected chi connectivity index (χ1v) is 11.0. The van der Waals surface area contributed by atoms with Gasteiger partial charge in [-0.25, -0.2) is 4.98 Å². The Morgan fingerprint density at radius 3 is 2.28 bits per heavy atom. The Morgan fingerprint density at radius 1 is 0.906 bits per heavy atom. The Hall–Kier alpha value is -3.48. The van der Waals surface area contributed by atoms with E-state index in [1.54, 1.807) is 6.07 Å². The molecule has 3 aromatic carbocycles. The first-order chi connectivity index (χ1) is 15.7. The minimum atomic E-state index is -0.455. The number of H-pyrrole nitrogens is 1. The summed E-state index contributed by atoms with van der Waals surface area (Å²) < 4.78 is 0. The number of imidazole rings is 1. The third kappa shape index (κ3) is 4.28. The van der Waals surface area contributed by atoms with E-state index >= 15 is 0 Å². The Bertz CT molecular complexity index is 1200. The highest BCUT2D eigenvalue weighted by Crippen LogP contribution is 2.29. The average molecular weight is 426 g/mol. The van der Waals surface area contributed by atoms with E-state index in [2.05, 4.69) is 69.4 Å². The summed E-state index contributed by atoms with van der Waals surface area (Å²) in [6.45, 7) is 4.54. The van der Waals surface area contributed by atoms with Gasteiger partial charge in [-0.2, -0.15) is 0 Å². The zero-order chi connectivity index (χ0) is 21.9. The molecule has 4 aromatic rings. The van der Waals surface area contributed by atoms with Crippen molar-refractivity contribution >= 4 is 16.9 Å². The monoisotopic (exact) mass is 425 g/mol. The number of para-hydroxylation sites is 1. The molecule has 2 heterocycles.